The Hall–Kier alpha value is -3.29. The zero-order valence-electron chi connectivity index (χ0n) is 11.4. The highest BCUT2D eigenvalue weighted by Gasteiger charge is 2.14. The Balaban J connectivity index is 1.86. The number of pyridine rings is 1. The third-order valence-electron chi connectivity index (χ3n) is 2.49. The monoisotopic (exact) mass is 300 g/mol. The summed E-state index contributed by atoms with van der Waals surface area (Å²) in [5.41, 5.74) is 2.63. The van der Waals surface area contributed by atoms with Gasteiger partial charge in [-0.15, -0.1) is 0 Å². The van der Waals surface area contributed by atoms with Crippen molar-refractivity contribution in [1.29, 1.82) is 0 Å². The number of nitro groups is 1. The molecule has 1 aromatic carbocycles. The summed E-state index contributed by atoms with van der Waals surface area (Å²) in [6, 6.07) is 11.1. The van der Waals surface area contributed by atoms with Gasteiger partial charge in [-0.2, -0.15) is 5.10 Å². The summed E-state index contributed by atoms with van der Waals surface area (Å²) in [6.07, 6.45) is 2.98. The van der Waals surface area contributed by atoms with Gasteiger partial charge in [0, 0.05) is 12.3 Å². The maximum absolute atomic E-state index is 11.5. The molecule has 0 fully saturated rings. The molecule has 2 rings (SSSR count). The highest BCUT2D eigenvalue weighted by atomic mass is 16.6. The highest BCUT2D eigenvalue weighted by Crippen LogP contribution is 2.25. The third-order valence-corrected chi connectivity index (χ3v) is 2.49. The normalized spacial score (nSPS) is 10.4. The summed E-state index contributed by atoms with van der Waals surface area (Å²) in [5, 5.41) is 14.5. The lowest BCUT2D eigenvalue weighted by atomic mass is 10.3. The molecular formula is C14H12N4O4. The van der Waals surface area contributed by atoms with E-state index in [4.69, 9.17) is 4.74 Å². The van der Waals surface area contributed by atoms with Crippen LogP contribution in [0.5, 0.6) is 5.75 Å². The number of rotatable bonds is 6. The van der Waals surface area contributed by atoms with E-state index in [1.165, 1.54) is 24.4 Å². The minimum atomic E-state index is -0.577. The van der Waals surface area contributed by atoms with E-state index in [-0.39, 0.29) is 18.0 Å². The number of carbonyl (C=O) groups is 1. The van der Waals surface area contributed by atoms with Crippen molar-refractivity contribution in [3.8, 4) is 5.75 Å². The smallest absolute Gasteiger partial charge is 0.310 e. The van der Waals surface area contributed by atoms with E-state index >= 15 is 0 Å². The molecule has 1 N–H and O–H groups in total. The molecular weight excluding hydrogens is 288 g/mol. The summed E-state index contributed by atoms with van der Waals surface area (Å²) < 4.78 is 5.12. The first-order chi connectivity index (χ1) is 10.7. The van der Waals surface area contributed by atoms with Crippen molar-refractivity contribution in [3.05, 3.63) is 64.5 Å². The molecule has 0 saturated heterocycles. The van der Waals surface area contributed by atoms with Crippen molar-refractivity contribution in [1.82, 2.24) is 10.4 Å². The van der Waals surface area contributed by atoms with Crippen molar-refractivity contribution < 1.29 is 14.5 Å². The van der Waals surface area contributed by atoms with Gasteiger partial charge >= 0.3 is 5.69 Å². The fraction of sp³-hybridized carbons (Fsp3) is 0.0714. The van der Waals surface area contributed by atoms with E-state index < -0.39 is 10.8 Å². The lowest BCUT2D eigenvalue weighted by Gasteiger charge is -2.05. The van der Waals surface area contributed by atoms with Gasteiger partial charge in [-0.25, -0.2) is 5.43 Å². The van der Waals surface area contributed by atoms with Crippen molar-refractivity contribution in [2.45, 2.75) is 0 Å². The molecule has 0 aliphatic carbocycles. The molecule has 22 heavy (non-hydrogen) atoms. The zero-order chi connectivity index (χ0) is 15.8. The van der Waals surface area contributed by atoms with Gasteiger partial charge in [-0.3, -0.25) is 19.9 Å². The van der Waals surface area contributed by atoms with Crippen LogP contribution in [0.3, 0.4) is 0 Å². The maximum atomic E-state index is 11.5. The molecule has 8 nitrogen and oxygen atoms in total. The Bertz CT molecular complexity index is 688. The first-order valence-electron chi connectivity index (χ1n) is 6.26. The van der Waals surface area contributed by atoms with E-state index in [1.807, 2.05) is 0 Å². The largest absolute Gasteiger partial charge is 0.477 e. The van der Waals surface area contributed by atoms with E-state index in [9.17, 15) is 14.9 Å². The Morgan fingerprint density at radius 1 is 1.32 bits per heavy atom. The number of hydrazone groups is 1. The fourth-order valence-electron chi connectivity index (χ4n) is 1.53. The van der Waals surface area contributed by atoms with Crippen LogP contribution in [0.4, 0.5) is 5.69 Å². The van der Waals surface area contributed by atoms with Crippen LogP contribution in [-0.2, 0) is 4.79 Å². The van der Waals surface area contributed by atoms with Crippen molar-refractivity contribution in [2.75, 3.05) is 6.61 Å². The van der Waals surface area contributed by atoms with Crippen LogP contribution in [-0.4, -0.2) is 28.6 Å². The highest BCUT2D eigenvalue weighted by molar-refractivity contribution is 5.81. The predicted molar refractivity (Wildman–Crippen MR) is 78.6 cm³/mol. The summed E-state index contributed by atoms with van der Waals surface area (Å²) in [6.45, 7) is -0.385. The van der Waals surface area contributed by atoms with E-state index in [0.29, 0.717) is 5.69 Å². The molecule has 0 unspecified atom stereocenters. The SMILES string of the molecule is O=C(COc1ccccc1[N+](=O)[O-])NN=Cc1ccccn1. The standard InChI is InChI=1S/C14H12N4O4/c19-14(17-16-9-11-5-3-4-8-15-11)10-22-13-7-2-1-6-12(13)18(20)21/h1-9H,10H2,(H,17,19). The molecule has 0 bridgehead atoms. The molecule has 112 valence electrons. The summed E-state index contributed by atoms with van der Waals surface area (Å²) >= 11 is 0. The first kappa shape index (κ1) is 15.1. The minimum Gasteiger partial charge on any atom is -0.477 e. The lowest BCUT2D eigenvalue weighted by molar-refractivity contribution is -0.385. The van der Waals surface area contributed by atoms with Crippen LogP contribution < -0.4 is 10.2 Å². The Kier molecular flexibility index (Phi) is 5.14. The van der Waals surface area contributed by atoms with Gasteiger partial charge in [0.2, 0.25) is 0 Å². The van der Waals surface area contributed by atoms with E-state index in [2.05, 4.69) is 15.5 Å². The number of benzene rings is 1. The van der Waals surface area contributed by atoms with Crippen LogP contribution in [0.2, 0.25) is 0 Å². The lowest BCUT2D eigenvalue weighted by Crippen LogP contribution is -2.24. The molecule has 1 aromatic heterocycles. The molecule has 0 atom stereocenters. The van der Waals surface area contributed by atoms with E-state index in [1.54, 1.807) is 30.5 Å². The number of aromatic nitrogens is 1. The fourth-order valence-corrected chi connectivity index (χ4v) is 1.53. The van der Waals surface area contributed by atoms with Crippen molar-refractivity contribution in [3.63, 3.8) is 0 Å². The number of nitrogens with one attached hydrogen (secondary N) is 1. The number of carbonyl (C=O) groups excluding carboxylic acids is 1. The van der Waals surface area contributed by atoms with Gasteiger partial charge in [0.25, 0.3) is 5.91 Å². The second-order valence-electron chi connectivity index (χ2n) is 4.06. The molecule has 8 heteroatoms. The van der Waals surface area contributed by atoms with Crippen LogP contribution >= 0.6 is 0 Å². The average Bonchev–Trinajstić information content (AvgIpc) is 2.54. The number of hydrogen-bond acceptors (Lipinski definition) is 6. The van der Waals surface area contributed by atoms with Gasteiger partial charge in [0.05, 0.1) is 16.8 Å². The second kappa shape index (κ2) is 7.48. The number of para-hydroxylation sites is 2. The topological polar surface area (TPSA) is 107 Å². The molecule has 1 heterocycles. The number of nitro benzene ring substituents is 1. The summed E-state index contributed by atoms with van der Waals surface area (Å²) in [4.78, 5) is 25.8. The van der Waals surface area contributed by atoms with Crippen molar-refractivity contribution >= 4 is 17.8 Å². The zero-order valence-corrected chi connectivity index (χ0v) is 11.4. The van der Waals surface area contributed by atoms with E-state index in [0.717, 1.165) is 0 Å². The molecule has 0 saturated carbocycles. The Labute approximate surface area is 125 Å². The quantitative estimate of drug-likeness (QED) is 0.494. The van der Waals surface area contributed by atoms with Crippen LogP contribution in [0.1, 0.15) is 5.69 Å². The first-order valence-corrected chi connectivity index (χ1v) is 6.26. The molecule has 0 radical (unpaired) electrons. The Morgan fingerprint density at radius 3 is 2.82 bits per heavy atom. The molecule has 2 aromatic rings. The third kappa shape index (κ3) is 4.37. The molecule has 0 spiro atoms. The average molecular weight is 300 g/mol. The molecule has 1 amide bonds. The minimum absolute atomic E-state index is 0.0244. The van der Waals surface area contributed by atoms with Gasteiger partial charge in [-0.05, 0) is 18.2 Å². The van der Waals surface area contributed by atoms with Gasteiger partial charge in [0.15, 0.2) is 12.4 Å². The Morgan fingerprint density at radius 2 is 2.09 bits per heavy atom. The molecule has 0 aliphatic heterocycles. The van der Waals surface area contributed by atoms with Crippen LogP contribution in [0.25, 0.3) is 0 Å². The summed E-state index contributed by atoms with van der Waals surface area (Å²) in [5.74, 6) is -0.512. The summed E-state index contributed by atoms with van der Waals surface area (Å²) in [7, 11) is 0. The van der Waals surface area contributed by atoms with Gasteiger partial charge in [0.1, 0.15) is 0 Å². The van der Waals surface area contributed by atoms with Crippen LogP contribution in [0, 0.1) is 10.1 Å². The predicted octanol–water partition coefficient (Wildman–Crippen LogP) is 1.52. The number of ether oxygens (including phenoxy) is 1. The molecule has 0 aliphatic rings. The number of hydrogen-bond donors (Lipinski definition) is 1. The number of nitrogens with zero attached hydrogens (tertiary/aromatic N) is 3. The van der Waals surface area contributed by atoms with Gasteiger partial charge < -0.3 is 4.74 Å². The van der Waals surface area contributed by atoms with Crippen LogP contribution in [0.15, 0.2) is 53.8 Å². The van der Waals surface area contributed by atoms with Crippen molar-refractivity contribution in [2.24, 2.45) is 5.10 Å². The second-order valence-corrected chi connectivity index (χ2v) is 4.06. The van der Waals surface area contributed by atoms with Gasteiger partial charge in [-0.1, -0.05) is 18.2 Å². The number of amides is 1. The maximum Gasteiger partial charge on any atom is 0.310 e.